The number of ether oxygens (including phenoxy) is 1. The SMILES string of the molecule is COc1ccccc1CCN(CC(=O)NCc1ccncc1)C(C)=O. The number of aromatic nitrogens is 1. The van der Waals surface area contributed by atoms with Crippen molar-refractivity contribution in [3.8, 4) is 5.75 Å². The van der Waals surface area contributed by atoms with Crippen molar-refractivity contribution in [2.45, 2.75) is 19.9 Å². The molecule has 1 aromatic carbocycles. The Morgan fingerprint density at radius 2 is 1.88 bits per heavy atom. The molecule has 25 heavy (non-hydrogen) atoms. The third-order valence-corrected chi connectivity index (χ3v) is 3.86. The molecule has 0 saturated heterocycles. The molecule has 0 saturated carbocycles. The van der Waals surface area contributed by atoms with Crippen LogP contribution in [0.2, 0.25) is 0 Å². The first-order valence-corrected chi connectivity index (χ1v) is 8.13. The number of carbonyl (C=O) groups excluding carboxylic acids is 2. The van der Waals surface area contributed by atoms with Gasteiger partial charge in [-0.05, 0) is 35.7 Å². The van der Waals surface area contributed by atoms with Gasteiger partial charge in [0.15, 0.2) is 0 Å². The van der Waals surface area contributed by atoms with Crippen LogP contribution in [0.3, 0.4) is 0 Å². The summed E-state index contributed by atoms with van der Waals surface area (Å²) in [6.45, 7) is 2.38. The molecule has 1 N–H and O–H groups in total. The summed E-state index contributed by atoms with van der Waals surface area (Å²) < 4.78 is 5.32. The fourth-order valence-electron chi connectivity index (χ4n) is 2.44. The highest BCUT2D eigenvalue weighted by atomic mass is 16.5. The second kappa shape index (κ2) is 9.42. The quantitative estimate of drug-likeness (QED) is 0.795. The molecule has 0 aliphatic carbocycles. The first-order valence-electron chi connectivity index (χ1n) is 8.13. The van der Waals surface area contributed by atoms with Gasteiger partial charge in [-0.1, -0.05) is 18.2 Å². The highest BCUT2D eigenvalue weighted by molar-refractivity contribution is 5.83. The van der Waals surface area contributed by atoms with E-state index >= 15 is 0 Å². The normalized spacial score (nSPS) is 10.2. The van der Waals surface area contributed by atoms with E-state index in [0.717, 1.165) is 16.9 Å². The maximum atomic E-state index is 12.1. The fraction of sp³-hybridized carbons (Fsp3) is 0.316. The van der Waals surface area contributed by atoms with Crippen LogP contribution in [0.4, 0.5) is 0 Å². The minimum Gasteiger partial charge on any atom is -0.496 e. The number of rotatable bonds is 8. The van der Waals surface area contributed by atoms with Gasteiger partial charge in [0.05, 0.1) is 13.7 Å². The van der Waals surface area contributed by atoms with Crippen molar-refractivity contribution in [3.63, 3.8) is 0 Å². The Labute approximate surface area is 147 Å². The van der Waals surface area contributed by atoms with Crippen LogP contribution in [0.1, 0.15) is 18.1 Å². The number of pyridine rings is 1. The van der Waals surface area contributed by atoms with E-state index < -0.39 is 0 Å². The predicted molar refractivity (Wildman–Crippen MR) is 95.0 cm³/mol. The van der Waals surface area contributed by atoms with Gasteiger partial charge in [-0.3, -0.25) is 14.6 Å². The van der Waals surface area contributed by atoms with Gasteiger partial charge in [-0.25, -0.2) is 0 Å². The van der Waals surface area contributed by atoms with Gasteiger partial charge in [-0.15, -0.1) is 0 Å². The average Bonchev–Trinajstić information content (AvgIpc) is 2.64. The smallest absolute Gasteiger partial charge is 0.239 e. The topological polar surface area (TPSA) is 71.5 Å². The molecule has 1 aromatic heterocycles. The summed E-state index contributed by atoms with van der Waals surface area (Å²) in [5.74, 6) is 0.467. The van der Waals surface area contributed by atoms with Crippen molar-refractivity contribution >= 4 is 11.8 Å². The van der Waals surface area contributed by atoms with Crippen LogP contribution in [-0.2, 0) is 22.6 Å². The molecule has 0 radical (unpaired) electrons. The molecule has 0 spiro atoms. The number of nitrogens with zero attached hydrogens (tertiary/aromatic N) is 2. The number of nitrogens with one attached hydrogen (secondary N) is 1. The van der Waals surface area contributed by atoms with Crippen molar-refractivity contribution in [2.75, 3.05) is 20.2 Å². The molecule has 0 unspecified atom stereocenters. The molecule has 0 bridgehead atoms. The molecule has 2 aromatic rings. The highest BCUT2D eigenvalue weighted by Gasteiger charge is 2.14. The summed E-state index contributed by atoms with van der Waals surface area (Å²) >= 11 is 0. The summed E-state index contributed by atoms with van der Waals surface area (Å²) in [5, 5.41) is 2.82. The molecule has 0 fully saturated rings. The third-order valence-electron chi connectivity index (χ3n) is 3.86. The Morgan fingerprint density at radius 3 is 2.56 bits per heavy atom. The number of carbonyl (C=O) groups is 2. The maximum absolute atomic E-state index is 12.1. The van der Waals surface area contributed by atoms with Gasteiger partial charge in [-0.2, -0.15) is 0 Å². The van der Waals surface area contributed by atoms with Crippen molar-refractivity contribution in [1.82, 2.24) is 15.2 Å². The number of hydrogen-bond donors (Lipinski definition) is 1. The third kappa shape index (κ3) is 5.91. The number of benzene rings is 1. The molecule has 6 nitrogen and oxygen atoms in total. The maximum Gasteiger partial charge on any atom is 0.239 e. The first kappa shape index (κ1) is 18.4. The van der Waals surface area contributed by atoms with Crippen LogP contribution >= 0.6 is 0 Å². The van der Waals surface area contributed by atoms with E-state index in [1.165, 1.54) is 11.8 Å². The molecule has 0 atom stereocenters. The second-order valence-electron chi connectivity index (χ2n) is 5.63. The van der Waals surface area contributed by atoms with Gasteiger partial charge in [0.25, 0.3) is 0 Å². The fourth-order valence-corrected chi connectivity index (χ4v) is 2.44. The summed E-state index contributed by atoms with van der Waals surface area (Å²) in [6.07, 6.45) is 3.98. The zero-order valence-corrected chi connectivity index (χ0v) is 14.6. The molecule has 2 amide bonds. The molecular weight excluding hydrogens is 318 g/mol. The largest absolute Gasteiger partial charge is 0.496 e. The molecule has 6 heteroatoms. The van der Waals surface area contributed by atoms with Gasteiger partial charge >= 0.3 is 0 Å². The molecular formula is C19H23N3O3. The second-order valence-corrected chi connectivity index (χ2v) is 5.63. The number of para-hydroxylation sites is 1. The first-order chi connectivity index (χ1) is 12.1. The molecule has 2 rings (SSSR count). The lowest BCUT2D eigenvalue weighted by atomic mass is 10.1. The Kier molecular flexibility index (Phi) is 6.95. The van der Waals surface area contributed by atoms with E-state index in [1.54, 1.807) is 19.5 Å². The van der Waals surface area contributed by atoms with Crippen molar-refractivity contribution in [2.24, 2.45) is 0 Å². The summed E-state index contributed by atoms with van der Waals surface area (Å²) in [4.78, 5) is 29.4. The van der Waals surface area contributed by atoms with E-state index in [0.29, 0.717) is 19.5 Å². The van der Waals surface area contributed by atoms with Crippen LogP contribution < -0.4 is 10.1 Å². The van der Waals surface area contributed by atoms with Gasteiger partial charge in [0.2, 0.25) is 11.8 Å². The summed E-state index contributed by atoms with van der Waals surface area (Å²) in [6, 6.07) is 11.3. The zero-order chi connectivity index (χ0) is 18.1. The number of amides is 2. The lowest BCUT2D eigenvalue weighted by molar-refractivity contribution is -0.134. The summed E-state index contributed by atoms with van der Waals surface area (Å²) in [5.41, 5.74) is 1.97. The van der Waals surface area contributed by atoms with E-state index in [-0.39, 0.29) is 18.4 Å². The van der Waals surface area contributed by atoms with E-state index in [9.17, 15) is 9.59 Å². The minimum absolute atomic E-state index is 0.0373. The molecule has 1 heterocycles. The van der Waals surface area contributed by atoms with E-state index in [4.69, 9.17) is 4.74 Å². The van der Waals surface area contributed by atoms with Gasteiger partial charge in [0, 0.05) is 32.4 Å². The standard InChI is InChI=1S/C19H23N3O3/c1-15(23)22(12-9-17-5-3-4-6-18(17)25-2)14-19(24)21-13-16-7-10-20-11-8-16/h3-8,10-11H,9,12-14H2,1-2H3,(H,21,24). The minimum atomic E-state index is -0.188. The average molecular weight is 341 g/mol. The lowest BCUT2D eigenvalue weighted by Gasteiger charge is -2.21. The van der Waals surface area contributed by atoms with E-state index in [1.807, 2.05) is 36.4 Å². The Hall–Kier alpha value is -2.89. The Bertz CT molecular complexity index is 704. The molecule has 0 aliphatic heterocycles. The van der Waals surface area contributed by atoms with Crippen molar-refractivity contribution in [3.05, 3.63) is 59.9 Å². The van der Waals surface area contributed by atoms with Crippen LogP contribution in [0.5, 0.6) is 5.75 Å². The summed E-state index contributed by atoms with van der Waals surface area (Å²) in [7, 11) is 1.62. The van der Waals surface area contributed by atoms with Crippen LogP contribution in [0.15, 0.2) is 48.8 Å². The number of methoxy groups -OCH3 is 1. The molecule has 132 valence electrons. The highest BCUT2D eigenvalue weighted by Crippen LogP contribution is 2.18. The Morgan fingerprint density at radius 1 is 1.16 bits per heavy atom. The van der Waals surface area contributed by atoms with Crippen LogP contribution in [0.25, 0.3) is 0 Å². The van der Waals surface area contributed by atoms with Gasteiger partial charge in [0.1, 0.15) is 5.75 Å². The predicted octanol–water partition coefficient (Wildman–Crippen LogP) is 1.80. The monoisotopic (exact) mass is 341 g/mol. The Balaban J connectivity index is 1.87. The molecule has 0 aliphatic rings. The van der Waals surface area contributed by atoms with Crippen molar-refractivity contribution < 1.29 is 14.3 Å². The van der Waals surface area contributed by atoms with E-state index in [2.05, 4.69) is 10.3 Å². The lowest BCUT2D eigenvalue weighted by Crippen LogP contribution is -2.40. The van der Waals surface area contributed by atoms with Crippen molar-refractivity contribution in [1.29, 1.82) is 0 Å². The van der Waals surface area contributed by atoms with Crippen LogP contribution in [-0.4, -0.2) is 41.9 Å². The number of hydrogen-bond acceptors (Lipinski definition) is 4. The zero-order valence-electron chi connectivity index (χ0n) is 14.6. The van der Waals surface area contributed by atoms with Gasteiger partial charge < -0.3 is 15.0 Å². The van der Waals surface area contributed by atoms with Crippen LogP contribution in [0, 0.1) is 0 Å².